The molecule has 0 amide bonds. The summed E-state index contributed by atoms with van der Waals surface area (Å²) < 4.78 is 17.1. The molecule has 0 saturated heterocycles. The number of aliphatic hydroxyl groups excluding tert-OH is 3. The van der Waals surface area contributed by atoms with E-state index in [1.807, 2.05) is 0 Å². The predicted octanol–water partition coefficient (Wildman–Crippen LogP) is -1.40. The van der Waals surface area contributed by atoms with E-state index in [2.05, 4.69) is 4.74 Å². The number of carbonyl (C=O) groups excluding carboxylic acids is 1. The highest BCUT2D eigenvalue weighted by atomic mass is 19.1. The minimum absolute atomic E-state index is 0.0127. The zero-order chi connectivity index (χ0) is 10.4. The molecule has 0 aliphatic carbocycles. The lowest BCUT2D eigenvalue weighted by Gasteiger charge is -2.17. The Balaban J connectivity index is 4.07. The van der Waals surface area contributed by atoms with E-state index in [0.29, 0.717) is 0 Å². The highest BCUT2D eigenvalue weighted by Gasteiger charge is 2.32. The van der Waals surface area contributed by atoms with E-state index >= 15 is 0 Å². The van der Waals surface area contributed by atoms with Gasteiger partial charge in [-0.1, -0.05) is 0 Å². The van der Waals surface area contributed by atoms with E-state index in [4.69, 9.17) is 15.3 Å². The normalized spacial score (nSPS) is 17.6. The molecule has 78 valence electrons. The topological polar surface area (TPSA) is 87.0 Å². The lowest BCUT2D eigenvalue weighted by atomic mass is 10.1. The van der Waals surface area contributed by atoms with Gasteiger partial charge in [0.1, 0.15) is 12.2 Å². The first-order valence-electron chi connectivity index (χ1n) is 3.82. The first-order valence-corrected chi connectivity index (χ1v) is 3.82. The lowest BCUT2D eigenvalue weighted by molar-refractivity contribution is -0.158. The van der Waals surface area contributed by atoms with Crippen molar-refractivity contribution in [2.45, 2.75) is 25.3 Å². The summed E-state index contributed by atoms with van der Waals surface area (Å²) >= 11 is 0. The predicted molar refractivity (Wildman–Crippen MR) is 40.6 cm³/mol. The first-order chi connectivity index (χ1) is 6.04. The number of carbonyl (C=O) groups is 1. The summed E-state index contributed by atoms with van der Waals surface area (Å²) in [6, 6.07) is 0. The van der Waals surface area contributed by atoms with E-state index in [1.54, 1.807) is 0 Å². The van der Waals surface area contributed by atoms with Crippen LogP contribution in [0.25, 0.3) is 0 Å². The van der Waals surface area contributed by atoms with Crippen LogP contribution in [0.1, 0.15) is 6.92 Å². The van der Waals surface area contributed by atoms with Gasteiger partial charge >= 0.3 is 5.97 Å². The monoisotopic (exact) mass is 196 g/mol. The van der Waals surface area contributed by atoms with Crippen molar-refractivity contribution >= 4 is 5.97 Å². The van der Waals surface area contributed by atoms with Crippen molar-refractivity contribution in [3.63, 3.8) is 0 Å². The molecule has 0 heterocycles. The summed E-state index contributed by atoms with van der Waals surface area (Å²) in [7, 11) is 0. The van der Waals surface area contributed by atoms with Crippen LogP contribution in [0, 0.1) is 0 Å². The minimum Gasteiger partial charge on any atom is -0.464 e. The molecule has 0 radical (unpaired) electrons. The first kappa shape index (κ1) is 12.3. The van der Waals surface area contributed by atoms with Crippen molar-refractivity contribution in [3.05, 3.63) is 0 Å². The Morgan fingerprint density at radius 1 is 1.54 bits per heavy atom. The second-order valence-electron chi connectivity index (χ2n) is 2.39. The lowest BCUT2D eigenvalue weighted by Crippen LogP contribution is -2.42. The highest BCUT2D eigenvalue weighted by molar-refractivity contribution is 5.75. The molecule has 0 spiro atoms. The summed E-state index contributed by atoms with van der Waals surface area (Å²) in [6.45, 7) is 0.654. The van der Waals surface area contributed by atoms with Gasteiger partial charge in [-0.3, -0.25) is 0 Å². The molecule has 5 nitrogen and oxygen atoms in total. The summed E-state index contributed by atoms with van der Waals surface area (Å²) in [5.74, 6) is -1.25. The molecule has 0 aromatic heterocycles. The summed E-state index contributed by atoms with van der Waals surface area (Å²) in [5.41, 5.74) is 0. The Morgan fingerprint density at radius 3 is 2.46 bits per heavy atom. The number of ether oxygens (including phenoxy) is 1. The van der Waals surface area contributed by atoms with Crippen molar-refractivity contribution in [2.75, 3.05) is 13.2 Å². The van der Waals surface area contributed by atoms with E-state index in [0.717, 1.165) is 0 Å². The van der Waals surface area contributed by atoms with E-state index in [9.17, 15) is 9.18 Å². The maximum atomic E-state index is 12.8. The molecule has 0 saturated carbocycles. The smallest absolute Gasteiger partial charge is 0.343 e. The van der Waals surface area contributed by atoms with E-state index in [-0.39, 0.29) is 6.61 Å². The SMILES string of the molecule is CCOC(=O)[C@H](F)[C@H](O)[C@H](O)CO. The van der Waals surface area contributed by atoms with Crippen LogP contribution in [-0.4, -0.2) is 52.9 Å². The van der Waals surface area contributed by atoms with Gasteiger partial charge in [0.2, 0.25) is 6.17 Å². The third kappa shape index (κ3) is 3.67. The van der Waals surface area contributed by atoms with Crippen LogP contribution >= 0.6 is 0 Å². The molecule has 0 fully saturated rings. The number of halogens is 1. The molecule has 0 aromatic rings. The zero-order valence-corrected chi connectivity index (χ0v) is 7.18. The van der Waals surface area contributed by atoms with Crippen LogP contribution in [0.2, 0.25) is 0 Å². The third-order valence-corrected chi connectivity index (χ3v) is 1.39. The molecule has 0 bridgehead atoms. The number of aliphatic hydroxyl groups is 3. The van der Waals surface area contributed by atoms with Crippen LogP contribution < -0.4 is 0 Å². The van der Waals surface area contributed by atoms with Gasteiger partial charge in [-0.25, -0.2) is 9.18 Å². The number of esters is 1. The quantitative estimate of drug-likeness (QED) is 0.471. The zero-order valence-electron chi connectivity index (χ0n) is 7.18. The molecule has 6 heteroatoms. The van der Waals surface area contributed by atoms with Gasteiger partial charge in [0.25, 0.3) is 0 Å². The maximum absolute atomic E-state index is 12.8. The fourth-order valence-electron chi connectivity index (χ4n) is 0.664. The second kappa shape index (κ2) is 5.85. The van der Waals surface area contributed by atoms with E-state index in [1.165, 1.54) is 6.92 Å². The fourth-order valence-corrected chi connectivity index (χ4v) is 0.664. The number of alkyl halides is 1. The molecule has 0 aliphatic rings. The molecule has 3 N–H and O–H groups in total. The number of rotatable bonds is 5. The summed E-state index contributed by atoms with van der Waals surface area (Å²) in [6.07, 6.45) is -5.97. The molecule has 0 rings (SSSR count). The largest absolute Gasteiger partial charge is 0.464 e. The summed E-state index contributed by atoms with van der Waals surface area (Å²) in [5, 5.41) is 26.0. The van der Waals surface area contributed by atoms with Gasteiger partial charge in [-0.05, 0) is 6.92 Å². The number of hydrogen-bond acceptors (Lipinski definition) is 5. The highest BCUT2D eigenvalue weighted by Crippen LogP contribution is 2.06. The van der Waals surface area contributed by atoms with Crippen LogP contribution in [0.15, 0.2) is 0 Å². The maximum Gasteiger partial charge on any atom is 0.343 e. The molecular formula is C7H13FO5. The Labute approximate surface area is 74.8 Å². The fraction of sp³-hybridized carbons (Fsp3) is 0.857. The minimum atomic E-state index is -2.33. The van der Waals surface area contributed by atoms with Gasteiger partial charge in [-0.15, -0.1) is 0 Å². The molecule has 0 unspecified atom stereocenters. The van der Waals surface area contributed by atoms with E-state index < -0.39 is 31.0 Å². The Morgan fingerprint density at radius 2 is 2.08 bits per heavy atom. The standard InChI is InChI=1S/C7H13FO5/c1-2-13-7(12)5(8)6(11)4(10)3-9/h4-6,9-11H,2-3H2,1H3/t4-,5-,6-/m1/s1. The molecule has 13 heavy (non-hydrogen) atoms. The molecule has 0 aromatic carbocycles. The van der Waals surface area contributed by atoms with Crippen molar-refractivity contribution in [2.24, 2.45) is 0 Å². The Kier molecular flexibility index (Phi) is 5.52. The Bertz CT molecular complexity index is 163. The molecule has 3 atom stereocenters. The van der Waals surface area contributed by atoms with Crippen molar-refractivity contribution in [1.29, 1.82) is 0 Å². The molecular weight excluding hydrogens is 183 g/mol. The van der Waals surface area contributed by atoms with Gasteiger partial charge in [-0.2, -0.15) is 0 Å². The summed E-state index contributed by atoms with van der Waals surface area (Å²) in [4.78, 5) is 10.7. The van der Waals surface area contributed by atoms with Crippen molar-refractivity contribution in [1.82, 2.24) is 0 Å². The average molecular weight is 196 g/mol. The van der Waals surface area contributed by atoms with Crippen LogP contribution in [0.4, 0.5) is 4.39 Å². The van der Waals surface area contributed by atoms with Gasteiger partial charge in [0, 0.05) is 0 Å². The van der Waals surface area contributed by atoms with Gasteiger partial charge < -0.3 is 20.1 Å². The average Bonchev–Trinajstić information content (AvgIpc) is 2.14. The second-order valence-corrected chi connectivity index (χ2v) is 2.39. The molecule has 0 aliphatic heterocycles. The van der Waals surface area contributed by atoms with Crippen LogP contribution in [0.3, 0.4) is 0 Å². The number of hydrogen-bond donors (Lipinski definition) is 3. The van der Waals surface area contributed by atoms with Gasteiger partial charge in [0.05, 0.1) is 13.2 Å². The van der Waals surface area contributed by atoms with Crippen molar-refractivity contribution in [3.8, 4) is 0 Å². The van der Waals surface area contributed by atoms with Crippen LogP contribution in [-0.2, 0) is 9.53 Å². The Hall–Kier alpha value is -0.720. The van der Waals surface area contributed by atoms with Crippen molar-refractivity contribution < 1.29 is 29.2 Å². The third-order valence-electron chi connectivity index (χ3n) is 1.39. The van der Waals surface area contributed by atoms with Crippen LogP contribution in [0.5, 0.6) is 0 Å². The van der Waals surface area contributed by atoms with Gasteiger partial charge in [0.15, 0.2) is 0 Å².